The van der Waals surface area contributed by atoms with E-state index in [0.29, 0.717) is 5.92 Å². The number of hydrogen-bond donors (Lipinski definition) is 1. The molecule has 0 bridgehead atoms. The molecule has 0 spiro atoms. The van der Waals surface area contributed by atoms with Crippen LogP contribution in [0.2, 0.25) is 0 Å². The summed E-state index contributed by atoms with van der Waals surface area (Å²) in [6.07, 6.45) is 3.79. The standard InChI is InChI=1S/C11H16BrN3O/c12-3-1-4-13-11-6-10(14-8-15-11)9-2-5-16-7-9/h6,8-9H,1-5,7H2,(H,13,14,15). The molecule has 2 heterocycles. The lowest BCUT2D eigenvalue weighted by molar-refractivity contribution is 0.193. The van der Waals surface area contributed by atoms with Crippen LogP contribution in [0.25, 0.3) is 0 Å². The van der Waals surface area contributed by atoms with E-state index in [-0.39, 0.29) is 0 Å². The second-order valence-corrected chi connectivity index (χ2v) is 4.65. The molecule has 1 aromatic rings. The quantitative estimate of drug-likeness (QED) is 0.665. The van der Waals surface area contributed by atoms with E-state index in [1.807, 2.05) is 6.07 Å². The van der Waals surface area contributed by atoms with E-state index in [2.05, 4.69) is 31.2 Å². The lowest BCUT2D eigenvalue weighted by atomic mass is 10.1. The summed E-state index contributed by atoms with van der Waals surface area (Å²) in [6, 6.07) is 2.04. The molecule has 2 rings (SSSR count). The third kappa shape index (κ3) is 3.15. The maximum Gasteiger partial charge on any atom is 0.129 e. The monoisotopic (exact) mass is 285 g/mol. The molecule has 1 aliphatic heterocycles. The first kappa shape index (κ1) is 11.8. The highest BCUT2D eigenvalue weighted by Gasteiger charge is 2.19. The zero-order valence-corrected chi connectivity index (χ0v) is 10.7. The van der Waals surface area contributed by atoms with Crippen molar-refractivity contribution in [3.63, 3.8) is 0 Å². The van der Waals surface area contributed by atoms with Crippen LogP contribution < -0.4 is 5.32 Å². The Kier molecular flexibility index (Phi) is 4.54. The highest BCUT2D eigenvalue weighted by Crippen LogP contribution is 2.24. The van der Waals surface area contributed by atoms with Gasteiger partial charge in [-0.3, -0.25) is 0 Å². The van der Waals surface area contributed by atoms with Gasteiger partial charge in [-0.2, -0.15) is 0 Å². The summed E-state index contributed by atoms with van der Waals surface area (Å²) in [7, 11) is 0. The molecule has 1 aliphatic rings. The number of ether oxygens (including phenoxy) is 1. The Morgan fingerprint density at radius 3 is 3.19 bits per heavy atom. The SMILES string of the molecule is BrCCCNc1cc(C2CCOC2)ncn1. The van der Waals surface area contributed by atoms with Crippen molar-refractivity contribution in [2.24, 2.45) is 0 Å². The highest BCUT2D eigenvalue weighted by atomic mass is 79.9. The smallest absolute Gasteiger partial charge is 0.129 e. The number of hydrogen-bond acceptors (Lipinski definition) is 4. The van der Waals surface area contributed by atoms with Gasteiger partial charge in [0.05, 0.1) is 12.3 Å². The van der Waals surface area contributed by atoms with Crippen LogP contribution in [0.4, 0.5) is 5.82 Å². The van der Waals surface area contributed by atoms with Crippen LogP contribution in [0.1, 0.15) is 24.5 Å². The van der Waals surface area contributed by atoms with Crippen molar-refractivity contribution in [1.82, 2.24) is 9.97 Å². The van der Waals surface area contributed by atoms with Crippen LogP contribution in [0.5, 0.6) is 0 Å². The fraction of sp³-hybridized carbons (Fsp3) is 0.636. The third-order valence-electron chi connectivity index (χ3n) is 2.65. The van der Waals surface area contributed by atoms with E-state index in [1.54, 1.807) is 6.33 Å². The van der Waals surface area contributed by atoms with Crippen LogP contribution in [-0.2, 0) is 4.74 Å². The summed E-state index contributed by atoms with van der Waals surface area (Å²) in [5.74, 6) is 1.36. The van der Waals surface area contributed by atoms with Crippen LogP contribution in [0, 0.1) is 0 Å². The van der Waals surface area contributed by atoms with Gasteiger partial charge in [0.25, 0.3) is 0 Å². The zero-order valence-electron chi connectivity index (χ0n) is 9.16. The number of nitrogens with one attached hydrogen (secondary N) is 1. The van der Waals surface area contributed by atoms with Crippen molar-refractivity contribution in [2.75, 3.05) is 30.4 Å². The topological polar surface area (TPSA) is 47.0 Å². The van der Waals surface area contributed by atoms with Gasteiger partial charge in [0, 0.05) is 30.5 Å². The van der Waals surface area contributed by atoms with E-state index in [4.69, 9.17) is 4.74 Å². The molecular formula is C11H16BrN3O. The van der Waals surface area contributed by atoms with E-state index in [1.165, 1.54) is 0 Å². The maximum absolute atomic E-state index is 5.36. The minimum Gasteiger partial charge on any atom is -0.381 e. The molecule has 1 unspecified atom stereocenters. The van der Waals surface area contributed by atoms with Gasteiger partial charge in [0.2, 0.25) is 0 Å². The van der Waals surface area contributed by atoms with Gasteiger partial charge in [-0.1, -0.05) is 15.9 Å². The Morgan fingerprint density at radius 2 is 2.44 bits per heavy atom. The Balaban J connectivity index is 1.95. The minimum absolute atomic E-state index is 0.444. The summed E-state index contributed by atoms with van der Waals surface area (Å²) in [4.78, 5) is 8.51. The molecule has 1 aromatic heterocycles. The van der Waals surface area contributed by atoms with Crippen molar-refractivity contribution in [1.29, 1.82) is 0 Å². The Labute approximate surface area is 104 Å². The van der Waals surface area contributed by atoms with E-state index < -0.39 is 0 Å². The molecule has 0 radical (unpaired) electrons. The number of rotatable bonds is 5. The first-order chi connectivity index (χ1) is 7.90. The highest BCUT2D eigenvalue weighted by molar-refractivity contribution is 9.09. The third-order valence-corrected chi connectivity index (χ3v) is 3.21. The molecule has 4 nitrogen and oxygen atoms in total. The summed E-state index contributed by atoms with van der Waals surface area (Å²) >= 11 is 3.40. The molecule has 1 fully saturated rings. The summed E-state index contributed by atoms with van der Waals surface area (Å²) in [6.45, 7) is 2.57. The summed E-state index contributed by atoms with van der Waals surface area (Å²) < 4.78 is 5.36. The second kappa shape index (κ2) is 6.15. The van der Waals surface area contributed by atoms with Crippen molar-refractivity contribution >= 4 is 21.7 Å². The lowest BCUT2D eigenvalue weighted by Crippen LogP contribution is -2.07. The van der Waals surface area contributed by atoms with Gasteiger partial charge in [-0.25, -0.2) is 9.97 Å². The van der Waals surface area contributed by atoms with Gasteiger partial charge in [0.1, 0.15) is 12.1 Å². The van der Waals surface area contributed by atoms with Gasteiger partial charge in [0.15, 0.2) is 0 Å². The molecule has 0 saturated carbocycles. The van der Waals surface area contributed by atoms with E-state index >= 15 is 0 Å². The molecule has 0 aliphatic carbocycles. The van der Waals surface area contributed by atoms with E-state index in [0.717, 1.165) is 49.4 Å². The average Bonchev–Trinajstić information content (AvgIpc) is 2.83. The zero-order chi connectivity index (χ0) is 11.2. The molecule has 1 saturated heterocycles. The Hall–Kier alpha value is -0.680. The fourth-order valence-electron chi connectivity index (χ4n) is 1.74. The average molecular weight is 286 g/mol. The van der Waals surface area contributed by atoms with Crippen LogP contribution in [-0.4, -0.2) is 35.1 Å². The molecule has 16 heavy (non-hydrogen) atoms. The fourth-order valence-corrected chi connectivity index (χ4v) is 2.02. The predicted octanol–water partition coefficient (Wildman–Crippen LogP) is 2.18. The predicted molar refractivity (Wildman–Crippen MR) is 67.1 cm³/mol. The Morgan fingerprint density at radius 1 is 1.50 bits per heavy atom. The summed E-state index contributed by atoms with van der Waals surface area (Å²) in [5, 5.41) is 4.30. The van der Waals surface area contributed by atoms with Crippen molar-refractivity contribution in [3.8, 4) is 0 Å². The molecule has 0 amide bonds. The van der Waals surface area contributed by atoms with Gasteiger partial charge in [-0.05, 0) is 12.8 Å². The number of nitrogens with zero attached hydrogens (tertiary/aromatic N) is 2. The molecule has 5 heteroatoms. The number of halogens is 1. The minimum atomic E-state index is 0.444. The van der Waals surface area contributed by atoms with Crippen LogP contribution in [0.15, 0.2) is 12.4 Å². The van der Waals surface area contributed by atoms with Gasteiger partial charge >= 0.3 is 0 Å². The molecule has 0 aromatic carbocycles. The molecule has 1 N–H and O–H groups in total. The lowest BCUT2D eigenvalue weighted by Gasteiger charge is -2.09. The first-order valence-corrected chi connectivity index (χ1v) is 6.72. The molecule has 88 valence electrons. The second-order valence-electron chi connectivity index (χ2n) is 3.86. The normalized spacial score (nSPS) is 19.9. The van der Waals surface area contributed by atoms with Gasteiger partial charge in [-0.15, -0.1) is 0 Å². The Bertz CT molecular complexity index is 329. The first-order valence-electron chi connectivity index (χ1n) is 5.59. The number of aromatic nitrogens is 2. The number of anilines is 1. The molecular weight excluding hydrogens is 270 g/mol. The maximum atomic E-state index is 5.36. The van der Waals surface area contributed by atoms with Crippen LogP contribution in [0.3, 0.4) is 0 Å². The van der Waals surface area contributed by atoms with Crippen LogP contribution >= 0.6 is 15.9 Å². The van der Waals surface area contributed by atoms with Crippen molar-refractivity contribution in [3.05, 3.63) is 18.1 Å². The number of alkyl halides is 1. The summed E-state index contributed by atoms with van der Waals surface area (Å²) in [5.41, 5.74) is 1.09. The van der Waals surface area contributed by atoms with Crippen molar-refractivity contribution < 1.29 is 4.74 Å². The van der Waals surface area contributed by atoms with E-state index in [9.17, 15) is 0 Å². The largest absolute Gasteiger partial charge is 0.381 e. The van der Waals surface area contributed by atoms with Crippen molar-refractivity contribution in [2.45, 2.75) is 18.8 Å². The molecule has 1 atom stereocenters. The van der Waals surface area contributed by atoms with Gasteiger partial charge < -0.3 is 10.1 Å².